The molecule has 1 saturated heterocycles. The van der Waals surface area contributed by atoms with E-state index in [1.165, 1.54) is 32.0 Å². The van der Waals surface area contributed by atoms with Gasteiger partial charge in [0.1, 0.15) is 0 Å². The van der Waals surface area contributed by atoms with Gasteiger partial charge in [-0.1, -0.05) is 6.92 Å². The van der Waals surface area contributed by atoms with E-state index in [1.54, 1.807) is 0 Å². The highest BCUT2D eigenvalue weighted by Gasteiger charge is 2.14. The zero-order chi connectivity index (χ0) is 15.9. The molecule has 3 nitrogen and oxygen atoms in total. The van der Waals surface area contributed by atoms with Gasteiger partial charge >= 0.3 is 0 Å². The fourth-order valence-electron chi connectivity index (χ4n) is 2.54. The second-order valence-electron chi connectivity index (χ2n) is 5.89. The monoisotopic (exact) mass is 327 g/mol. The van der Waals surface area contributed by atoms with Crippen molar-refractivity contribution in [2.75, 3.05) is 31.5 Å². The first-order valence-corrected chi connectivity index (χ1v) is 8.17. The Bertz CT molecular complexity index is 502. The lowest BCUT2D eigenvalue weighted by molar-refractivity contribution is 0.191. The summed E-state index contributed by atoms with van der Waals surface area (Å²) in [6.07, 6.45) is 3.57. The maximum Gasteiger partial charge on any atom is 0.170 e. The van der Waals surface area contributed by atoms with E-state index in [1.807, 2.05) is 0 Å². The van der Waals surface area contributed by atoms with Crippen LogP contribution in [0.2, 0.25) is 0 Å². The van der Waals surface area contributed by atoms with Crippen LogP contribution in [0.25, 0.3) is 0 Å². The van der Waals surface area contributed by atoms with Crippen LogP contribution in [-0.2, 0) is 0 Å². The summed E-state index contributed by atoms with van der Waals surface area (Å²) < 4.78 is 25.9. The molecule has 0 unspecified atom stereocenters. The molecule has 0 spiro atoms. The fourth-order valence-corrected chi connectivity index (χ4v) is 2.76. The van der Waals surface area contributed by atoms with Gasteiger partial charge in [-0.15, -0.1) is 0 Å². The third-order valence-corrected chi connectivity index (χ3v) is 4.24. The van der Waals surface area contributed by atoms with E-state index in [0.717, 1.165) is 37.6 Å². The van der Waals surface area contributed by atoms with Crippen LogP contribution in [0.15, 0.2) is 18.2 Å². The van der Waals surface area contributed by atoms with Crippen molar-refractivity contribution in [1.29, 1.82) is 0 Å². The Morgan fingerprint density at radius 1 is 1.27 bits per heavy atom. The predicted molar refractivity (Wildman–Crippen MR) is 90.0 cm³/mol. The van der Waals surface area contributed by atoms with Crippen LogP contribution < -0.4 is 10.6 Å². The standard InChI is InChI=1S/C16H23F2N3S/c1-12-5-9-21(10-6-12)8-2-7-19-16(22)20-13-3-4-14(17)15(18)11-13/h3-4,11-12H,2,5-10H2,1H3,(H2,19,20,22). The average molecular weight is 327 g/mol. The molecule has 1 aliphatic rings. The van der Waals surface area contributed by atoms with Crippen molar-refractivity contribution in [3.8, 4) is 0 Å². The van der Waals surface area contributed by atoms with E-state index in [0.29, 0.717) is 10.8 Å². The van der Waals surface area contributed by atoms with E-state index < -0.39 is 11.6 Å². The van der Waals surface area contributed by atoms with Crippen LogP contribution in [0.1, 0.15) is 26.2 Å². The van der Waals surface area contributed by atoms with Crippen molar-refractivity contribution < 1.29 is 8.78 Å². The Labute approximate surface area is 136 Å². The van der Waals surface area contributed by atoms with Gasteiger partial charge in [-0.05, 0) is 69.2 Å². The van der Waals surface area contributed by atoms with Crippen LogP contribution in [0, 0.1) is 17.6 Å². The Kier molecular flexibility index (Phi) is 6.51. The number of benzene rings is 1. The lowest BCUT2D eigenvalue weighted by Crippen LogP contribution is -2.36. The Morgan fingerprint density at radius 2 is 2.00 bits per heavy atom. The molecular weight excluding hydrogens is 304 g/mol. The highest BCUT2D eigenvalue weighted by molar-refractivity contribution is 7.80. The van der Waals surface area contributed by atoms with E-state index in [-0.39, 0.29) is 0 Å². The minimum absolute atomic E-state index is 0.429. The number of hydrogen-bond donors (Lipinski definition) is 2. The van der Waals surface area contributed by atoms with Gasteiger partial charge in [-0.3, -0.25) is 0 Å². The van der Waals surface area contributed by atoms with Crippen LogP contribution in [0.4, 0.5) is 14.5 Å². The van der Waals surface area contributed by atoms with Crippen LogP contribution in [0.3, 0.4) is 0 Å². The summed E-state index contributed by atoms with van der Waals surface area (Å²) in [6.45, 7) is 6.49. The van der Waals surface area contributed by atoms with E-state index in [2.05, 4.69) is 22.5 Å². The van der Waals surface area contributed by atoms with Gasteiger partial charge in [0, 0.05) is 18.3 Å². The first-order valence-electron chi connectivity index (χ1n) is 7.77. The molecule has 2 N–H and O–H groups in total. The third kappa shape index (κ3) is 5.50. The summed E-state index contributed by atoms with van der Waals surface area (Å²) in [5, 5.41) is 6.37. The topological polar surface area (TPSA) is 27.3 Å². The largest absolute Gasteiger partial charge is 0.362 e. The highest BCUT2D eigenvalue weighted by atomic mass is 32.1. The summed E-state index contributed by atoms with van der Waals surface area (Å²) in [5.74, 6) is -0.894. The van der Waals surface area contributed by atoms with E-state index in [9.17, 15) is 8.78 Å². The lowest BCUT2D eigenvalue weighted by atomic mass is 9.99. The second-order valence-corrected chi connectivity index (χ2v) is 6.30. The normalized spacial score (nSPS) is 16.5. The van der Waals surface area contributed by atoms with Gasteiger partial charge in [0.25, 0.3) is 0 Å². The smallest absolute Gasteiger partial charge is 0.170 e. The number of halogens is 2. The van der Waals surface area contributed by atoms with Crippen molar-refractivity contribution >= 4 is 23.0 Å². The number of rotatable bonds is 5. The van der Waals surface area contributed by atoms with E-state index in [4.69, 9.17) is 12.2 Å². The van der Waals surface area contributed by atoms with Crippen molar-refractivity contribution in [3.63, 3.8) is 0 Å². The molecule has 0 aliphatic carbocycles. The first-order chi connectivity index (χ1) is 10.5. The summed E-state index contributed by atoms with van der Waals surface area (Å²) in [5.41, 5.74) is 0.446. The van der Waals surface area contributed by atoms with E-state index >= 15 is 0 Å². The molecule has 0 aromatic heterocycles. The molecule has 1 heterocycles. The first kappa shape index (κ1) is 17.1. The highest BCUT2D eigenvalue weighted by Crippen LogP contribution is 2.16. The van der Waals surface area contributed by atoms with Crippen molar-refractivity contribution in [2.45, 2.75) is 26.2 Å². The summed E-state index contributed by atoms with van der Waals surface area (Å²) >= 11 is 5.15. The fraction of sp³-hybridized carbons (Fsp3) is 0.562. The minimum atomic E-state index is -0.882. The predicted octanol–water partition coefficient (Wildman–Crippen LogP) is 3.37. The number of thiocarbonyl (C=S) groups is 1. The SMILES string of the molecule is CC1CCN(CCCNC(=S)Nc2ccc(F)c(F)c2)CC1. The molecule has 22 heavy (non-hydrogen) atoms. The molecule has 2 rings (SSSR count). The van der Waals surface area contributed by atoms with Gasteiger partial charge in [0.15, 0.2) is 16.7 Å². The molecule has 0 bridgehead atoms. The molecule has 1 fully saturated rings. The van der Waals surface area contributed by atoms with Crippen molar-refractivity contribution in [3.05, 3.63) is 29.8 Å². The molecule has 122 valence electrons. The third-order valence-electron chi connectivity index (χ3n) is 3.99. The lowest BCUT2D eigenvalue weighted by Gasteiger charge is -2.30. The van der Waals surface area contributed by atoms with Gasteiger partial charge < -0.3 is 15.5 Å². The summed E-state index contributed by atoms with van der Waals surface area (Å²) in [7, 11) is 0. The van der Waals surface area contributed by atoms with Crippen LogP contribution in [0.5, 0.6) is 0 Å². The maximum absolute atomic E-state index is 13.1. The number of nitrogens with zero attached hydrogens (tertiary/aromatic N) is 1. The Morgan fingerprint density at radius 3 is 2.68 bits per heavy atom. The molecule has 1 aromatic carbocycles. The quantitative estimate of drug-likeness (QED) is 0.640. The number of nitrogens with one attached hydrogen (secondary N) is 2. The van der Waals surface area contributed by atoms with Gasteiger partial charge in [0.05, 0.1) is 0 Å². The zero-order valence-corrected chi connectivity index (χ0v) is 13.7. The number of likely N-dealkylation sites (tertiary alicyclic amines) is 1. The number of hydrogen-bond acceptors (Lipinski definition) is 2. The maximum atomic E-state index is 13.1. The number of anilines is 1. The molecule has 0 amide bonds. The average Bonchev–Trinajstić information content (AvgIpc) is 2.49. The Hall–Kier alpha value is -1.27. The van der Waals surface area contributed by atoms with Crippen LogP contribution >= 0.6 is 12.2 Å². The van der Waals surface area contributed by atoms with Gasteiger partial charge in [-0.25, -0.2) is 8.78 Å². The number of piperidine rings is 1. The van der Waals surface area contributed by atoms with Crippen molar-refractivity contribution in [2.24, 2.45) is 5.92 Å². The Balaban J connectivity index is 1.62. The summed E-state index contributed by atoms with van der Waals surface area (Å²) in [4.78, 5) is 2.48. The second kappa shape index (κ2) is 8.39. The molecule has 1 aromatic rings. The molecular formula is C16H23F2N3S. The molecule has 0 saturated carbocycles. The van der Waals surface area contributed by atoms with Crippen molar-refractivity contribution in [1.82, 2.24) is 10.2 Å². The molecule has 0 atom stereocenters. The molecule has 0 radical (unpaired) electrons. The molecule has 6 heteroatoms. The van der Waals surface area contributed by atoms with Crippen LogP contribution in [-0.4, -0.2) is 36.2 Å². The van der Waals surface area contributed by atoms with Gasteiger partial charge in [0.2, 0.25) is 0 Å². The molecule has 1 aliphatic heterocycles. The minimum Gasteiger partial charge on any atom is -0.362 e. The zero-order valence-electron chi connectivity index (χ0n) is 12.9. The summed E-state index contributed by atoms with van der Waals surface area (Å²) in [6, 6.07) is 3.64. The van der Waals surface area contributed by atoms with Gasteiger partial charge in [-0.2, -0.15) is 0 Å².